The summed E-state index contributed by atoms with van der Waals surface area (Å²) in [6.07, 6.45) is 3.77. The van der Waals surface area contributed by atoms with Crippen LogP contribution >= 0.6 is 11.8 Å². The van der Waals surface area contributed by atoms with Crippen LogP contribution in [0.1, 0.15) is 42.0 Å². The topological polar surface area (TPSA) is 32.3 Å². The van der Waals surface area contributed by atoms with Gasteiger partial charge in [-0.15, -0.1) is 0 Å². The maximum atomic E-state index is 12.7. The maximum Gasteiger partial charge on any atom is 0.230 e. The number of anilines is 1. The molecule has 0 spiro atoms. The molecule has 142 valence electrons. The van der Waals surface area contributed by atoms with Gasteiger partial charge in [0.1, 0.15) is 0 Å². The second-order valence-electron chi connectivity index (χ2n) is 7.97. The first-order valence-corrected chi connectivity index (χ1v) is 10.4. The molecule has 0 aromatic heterocycles. The van der Waals surface area contributed by atoms with Crippen LogP contribution in [-0.4, -0.2) is 12.5 Å². The van der Waals surface area contributed by atoms with Gasteiger partial charge in [0.05, 0.1) is 6.04 Å². The van der Waals surface area contributed by atoms with Crippen molar-refractivity contribution in [3.05, 3.63) is 77.4 Å². The van der Waals surface area contributed by atoms with E-state index in [2.05, 4.69) is 65.5 Å². The van der Waals surface area contributed by atoms with Gasteiger partial charge in [-0.25, -0.2) is 4.84 Å². The third-order valence-corrected chi connectivity index (χ3v) is 6.21. The first-order chi connectivity index (χ1) is 13.7. The largest absolute Gasteiger partial charge is 0.312 e. The fourth-order valence-electron chi connectivity index (χ4n) is 4.25. The molecule has 3 nitrogen and oxygen atoms in total. The summed E-state index contributed by atoms with van der Waals surface area (Å²) in [6, 6.07) is 21.6. The molecular formula is C24H23ClN2O. The zero-order chi connectivity index (χ0) is 19.1. The minimum Gasteiger partial charge on any atom is -0.312 e. The summed E-state index contributed by atoms with van der Waals surface area (Å²) in [4.78, 5) is 17.6. The molecule has 0 saturated heterocycles. The molecule has 1 heterocycles. The highest BCUT2D eigenvalue weighted by atomic mass is 35.5. The summed E-state index contributed by atoms with van der Waals surface area (Å²) in [5.74, 6) is 0.502. The summed E-state index contributed by atoms with van der Waals surface area (Å²) in [6.45, 7) is 0.733. The number of amides is 1. The molecule has 1 amide bonds. The van der Waals surface area contributed by atoms with Crippen molar-refractivity contribution >= 4 is 34.1 Å². The second kappa shape index (κ2) is 7.23. The molecule has 1 saturated carbocycles. The Bertz CT molecular complexity index is 1040. The van der Waals surface area contributed by atoms with Crippen LogP contribution in [-0.2, 0) is 11.2 Å². The van der Waals surface area contributed by atoms with Gasteiger partial charge in [0.15, 0.2) is 0 Å². The Labute approximate surface area is 170 Å². The van der Waals surface area contributed by atoms with Gasteiger partial charge in [-0.1, -0.05) is 54.6 Å². The van der Waals surface area contributed by atoms with Crippen molar-refractivity contribution in [2.75, 3.05) is 11.4 Å². The third kappa shape index (κ3) is 3.30. The van der Waals surface area contributed by atoms with Crippen LogP contribution in [0.2, 0.25) is 0 Å². The van der Waals surface area contributed by atoms with Crippen molar-refractivity contribution in [3.63, 3.8) is 0 Å². The summed E-state index contributed by atoms with van der Waals surface area (Å²) < 4.78 is 0. The molecule has 4 heteroatoms. The Hall–Kier alpha value is -2.36. The molecule has 5 rings (SSSR count). The quantitative estimate of drug-likeness (QED) is 0.608. The molecule has 3 aromatic rings. The number of benzene rings is 3. The molecule has 28 heavy (non-hydrogen) atoms. The lowest BCUT2D eigenvalue weighted by Gasteiger charge is -2.34. The van der Waals surface area contributed by atoms with Crippen LogP contribution in [0.5, 0.6) is 0 Å². The average molecular weight is 391 g/mol. The van der Waals surface area contributed by atoms with E-state index in [1.165, 1.54) is 21.9 Å². The Morgan fingerprint density at radius 1 is 0.964 bits per heavy atom. The van der Waals surface area contributed by atoms with Gasteiger partial charge in [0.25, 0.3) is 0 Å². The van der Waals surface area contributed by atoms with Crippen molar-refractivity contribution < 1.29 is 4.79 Å². The summed E-state index contributed by atoms with van der Waals surface area (Å²) >= 11 is 6.03. The number of hydrogen-bond acceptors (Lipinski definition) is 2. The van der Waals surface area contributed by atoms with Gasteiger partial charge in [-0.05, 0) is 71.0 Å². The summed E-state index contributed by atoms with van der Waals surface area (Å²) in [7, 11) is 0. The Balaban J connectivity index is 1.46. The third-order valence-electron chi connectivity index (χ3n) is 5.95. The molecule has 0 radical (unpaired) electrons. The second-order valence-corrected chi connectivity index (χ2v) is 8.18. The molecule has 2 aliphatic rings. The molecular weight excluding hydrogens is 368 g/mol. The molecule has 1 fully saturated rings. The predicted molar refractivity (Wildman–Crippen MR) is 115 cm³/mol. The van der Waals surface area contributed by atoms with Crippen LogP contribution < -0.4 is 9.74 Å². The minimum absolute atomic E-state index is 0.0801. The molecule has 1 N–H and O–H groups in total. The average Bonchev–Trinajstić information content (AvgIpc) is 3.58. The van der Waals surface area contributed by atoms with Gasteiger partial charge in [-0.3, -0.25) is 4.79 Å². The van der Waals surface area contributed by atoms with E-state index in [0.29, 0.717) is 0 Å². The van der Waals surface area contributed by atoms with Crippen molar-refractivity contribution in [3.8, 4) is 0 Å². The van der Waals surface area contributed by atoms with Crippen LogP contribution in [0, 0.1) is 5.92 Å². The number of carbonyl (C=O) groups excluding carboxylic acids is 1. The van der Waals surface area contributed by atoms with E-state index in [1.54, 1.807) is 0 Å². The van der Waals surface area contributed by atoms with Gasteiger partial charge in [0.2, 0.25) is 5.91 Å². The highest BCUT2D eigenvalue weighted by Crippen LogP contribution is 2.39. The molecule has 0 bridgehead atoms. The first-order valence-electron chi connectivity index (χ1n) is 10.0. The molecule has 1 atom stereocenters. The van der Waals surface area contributed by atoms with Gasteiger partial charge < -0.3 is 4.90 Å². The SMILES string of the molecule is O=C(C1CC1)N1CC[C@@H](NCl)c2cc(Cc3ccc4ccccc4c3)ccc21. The Morgan fingerprint density at radius 2 is 1.71 bits per heavy atom. The van der Waals surface area contributed by atoms with E-state index in [1.807, 2.05) is 4.90 Å². The number of hydrogen-bond donors (Lipinski definition) is 1. The van der Waals surface area contributed by atoms with Crippen LogP contribution in [0.4, 0.5) is 5.69 Å². The summed E-state index contributed by atoms with van der Waals surface area (Å²) in [5, 5.41) is 2.52. The zero-order valence-electron chi connectivity index (χ0n) is 15.7. The molecule has 0 unspecified atom stereocenters. The van der Waals surface area contributed by atoms with Gasteiger partial charge >= 0.3 is 0 Å². The fraction of sp³-hybridized carbons (Fsp3) is 0.292. The van der Waals surface area contributed by atoms with E-state index < -0.39 is 0 Å². The Morgan fingerprint density at radius 3 is 2.50 bits per heavy atom. The standard InChI is InChI=1S/C24H23ClN2O/c25-26-22-11-12-27(24(28)19-8-9-19)23-10-6-17(15-21(22)23)13-16-5-7-18-3-1-2-4-20(18)14-16/h1-7,10,14-15,19,22,26H,8-9,11-13H2/t22-/m1/s1. The predicted octanol–water partition coefficient (Wildman–Crippen LogP) is 5.36. The molecule has 1 aliphatic heterocycles. The smallest absolute Gasteiger partial charge is 0.230 e. The molecule has 3 aromatic carbocycles. The van der Waals surface area contributed by atoms with Crippen LogP contribution in [0.15, 0.2) is 60.7 Å². The van der Waals surface area contributed by atoms with Crippen LogP contribution in [0.25, 0.3) is 10.8 Å². The first kappa shape index (κ1) is 17.7. The van der Waals surface area contributed by atoms with E-state index in [-0.39, 0.29) is 17.9 Å². The van der Waals surface area contributed by atoms with E-state index in [9.17, 15) is 4.79 Å². The van der Waals surface area contributed by atoms with E-state index >= 15 is 0 Å². The maximum absolute atomic E-state index is 12.7. The van der Waals surface area contributed by atoms with Crippen molar-refractivity contribution in [1.82, 2.24) is 4.84 Å². The van der Waals surface area contributed by atoms with Crippen molar-refractivity contribution in [2.45, 2.75) is 31.7 Å². The number of nitrogens with zero attached hydrogens (tertiary/aromatic N) is 1. The van der Waals surface area contributed by atoms with E-state index in [0.717, 1.165) is 43.5 Å². The highest BCUT2D eigenvalue weighted by Gasteiger charge is 2.37. The summed E-state index contributed by atoms with van der Waals surface area (Å²) in [5.41, 5.74) is 4.68. The number of rotatable bonds is 4. The lowest BCUT2D eigenvalue weighted by Crippen LogP contribution is -2.39. The Kier molecular flexibility index (Phi) is 4.58. The lowest BCUT2D eigenvalue weighted by molar-refractivity contribution is -0.119. The highest BCUT2D eigenvalue weighted by molar-refractivity contribution is 6.13. The van der Waals surface area contributed by atoms with E-state index in [4.69, 9.17) is 11.8 Å². The van der Waals surface area contributed by atoms with Gasteiger partial charge in [0, 0.05) is 18.2 Å². The molecule has 1 aliphatic carbocycles. The monoisotopic (exact) mass is 390 g/mol. The number of nitrogens with one attached hydrogen (secondary N) is 1. The number of carbonyl (C=O) groups is 1. The normalized spacial score (nSPS) is 18.9. The number of fused-ring (bicyclic) bond motifs is 2. The van der Waals surface area contributed by atoms with Crippen molar-refractivity contribution in [2.24, 2.45) is 5.92 Å². The zero-order valence-corrected chi connectivity index (χ0v) is 16.5. The van der Waals surface area contributed by atoms with Crippen molar-refractivity contribution in [1.29, 1.82) is 0 Å². The lowest BCUT2D eigenvalue weighted by atomic mass is 9.92. The number of halogens is 1. The van der Waals surface area contributed by atoms with Crippen LogP contribution in [0.3, 0.4) is 0 Å². The fourth-order valence-corrected chi connectivity index (χ4v) is 4.48. The minimum atomic E-state index is 0.0801. The van der Waals surface area contributed by atoms with Gasteiger partial charge in [-0.2, -0.15) is 0 Å².